The highest BCUT2D eigenvalue weighted by molar-refractivity contribution is 8.00. The maximum absolute atomic E-state index is 12.6. The van der Waals surface area contributed by atoms with Crippen LogP contribution in [0.2, 0.25) is 0 Å². The Morgan fingerprint density at radius 1 is 1.44 bits per heavy atom. The number of hydrogen-bond donors (Lipinski definition) is 1. The first-order valence-electron chi connectivity index (χ1n) is 5.48. The van der Waals surface area contributed by atoms with Gasteiger partial charge in [-0.05, 0) is 6.92 Å². The molecule has 0 aromatic heterocycles. The molecule has 0 spiro atoms. The first-order chi connectivity index (χ1) is 7.36. The van der Waals surface area contributed by atoms with Crippen molar-refractivity contribution in [3.63, 3.8) is 0 Å². The van der Waals surface area contributed by atoms with Crippen molar-refractivity contribution in [3.8, 4) is 0 Å². The fourth-order valence-corrected chi connectivity index (χ4v) is 3.01. The number of alkyl halides is 3. The van der Waals surface area contributed by atoms with Gasteiger partial charge in [0.1, 0.15) is 0 Å². The second-order valence-electron chi connectivity index (χ2n) is 4.29. The number of rotatable bonds is 3. The van der Waals surface area contributed by atoms with E-state index in [9.17, 15) is 13.2 Å². The summed E-state index contributed by atoms with van der Waals surface area (Å²) in [6.45, 7) is 4.48. The molecule has 96 valence electrons. The highest BCUT2D eigenvalue weighted by Gasteiger charge is 2.40. The van der Waals surface area contributed by atoms with Crippen molar-refractivity contribution in [3.05, 3.63) is 0 Å². The average Bonchev–Trinajstić information content (AvgIpc) is 2.18. The largest absolute Gasteiger partial charge is 0.394 e. The van der Waals surface area contributed by atoms with Crippen LogP contribution in [-0.4, -0.2) is 47.8 Å². The van der Waals surface area contributed by atoms with Gasteiger partial charge < -0.3 is 5.73 Å². The highest BCUT2D eigenvalue weighted by Crippen LogP contribution is 2.30. The van der Waals surface area contributed by atoms with Gasteiger partial charge in [0.05, 0.1) is 5.92 Å². The molecular weight excluding hydrogens is 237 g/mol. The summed E-state index contributed by atoms with van der Waals surface area (Å²) >= 11 is 1.82. The molecule has 2 N–H and O–H groups in total. The number of thioether (sulfide) groups is 1. The lowest BCUT2D eigenvalue weighted by molar-refractivity contribution is -0.177. The molecule has 3 unspecified atom stereocenters. The van der Waals surface area contributed by atoms with Crippen molar-refractivity contribution in [2.45, 2.75) is 31.3 Å². The summed E-state index contributed by atoms with van der Waals surface area (Å²) in [4.78, 5) is 1.91. The highest BCUT2D eigenvalue weighted by atomic mass is 32.2. The molecule has 0 aromatic rings. The third-order valence-corrected chi connectivity index (χ3v) is 4.55. The van der Waals surface area contributed by atoms with Crippen LogP contribution in [0.15, 0.2) is 0 Å². The first kappa shape index (κ1) is 14.1. The smallest absolute Gasteiger partial charge is 0.330 e. The number of hydrogen-bond acceptors (Lipinski definition) is 3. The van der Waals surface area contributed by atoms with E-state index in [0.29, 0.717) is 5.25 Å². The van der Waals surface area contributed by atoms with E-state index < -0.39 is 12.1 Å². The minimum atomic E-state index is -4.18. The molecule has 0 aromatic carbocycles. The topological polar surface area (TPSA) is 29.3 Å². The van der Waals surface area contributed by atoms with Crippen LogP contribution in [0.3, 0.4) is 0 Å². The van der Waals surface area contributed by atoms with E-state index in [4.69, 9.17) is 5.73 Å². The van der Waals surface area contributed by atoms with Crippen LogP contribution in [-0.2, 0) is 0 Å². The van der Waals surface area contributed by atoms with E-state index in [2.05, 4.69) is 6.92 Å². The van der Waals surface area contributed by atoms with E-state index >= 15 is 0 Å². The summed E-state index contributed by atoms with van der Waals surface area (Å²) in [5, 5.41) is 0.389. The van der Waals surface area contributed by atoms with Crippen molar-refractivity contribution in [2.75, 3.05) is 25.4 Å². The molecule has 16 heavy (non-hydrogen) atoms. The molecule has 3 atom stereocenters. The van der Waals surface area contributed by atoms with Crippen LogP contribution in [0.4, 0.5) is 13.2 Å². The van der Waals surface area contributed by atoms with Crippen LogP contribution < -0.4 is 5.73 Å². The van der Waals surface area contributed by atoms with Crippen molar-refractivity contribution in [2.24, 2.45) is 11.7 Å². The van der Waals surface area contributed by atoms with Crippen molar-refractivity contribution in [1.29, 1.82) is 0 Å². The predicted molar refractivity (Wildman–Crippen MR) is 61.6 cm³/mol. The number of halogens is 3. The molecule has 1 saturated heterocycles. The molecule has 1 heterocycles. The van der Waals surface area contributed by atoms with E-state index in [-0.39, 0.29) is 19.1 Å². The molecule has 0 radical (unpaired) electrons. The Kier molecular flexibility index (Phi) is 4.94. The van der Waals surface area contributed by atoms with Crippen LogP contribution in [0, 0.1) is 5.92 Å². The fraction of sp³-hybridized carbons (Fsp3) is 1.00. The molecule has 6 heteroatoms. The fourth-order valence-electron chi connectivity index (χ4n) is 1.85. The Morgan fingerprint density at radius 3 is 2.56 bits per heavy atom. The number of nitrogens with two attached hydrogens (primary N) is 1. The Balaban J connectivity index is 2.57. The molecule has 2 nitrogen and oxygen atoms in total. The van der Waals surface area contributed by atoms with Gasteiger partial charge in [0.2, 0.25) is 0 Å². The quantitative estimate of drug-likeness (QED) is 0.837. The Labute approximate surface area is 98.7 Å². The lowest BCUT2D eigenvalue weighted by atomic mass is 10.1. The Hall–Kier alpha value is 0.0600. The summed E-state index contributed by atoms with van der Waals surface area (Å²) < 4.78 is 37.8. The molecule has 1 fully saturated rings. The van der Waals surface area contributed by atoms with Gasteiger partial charge in [0.15, 0.2) is 0 Å². The van der Waals surface area contributed by atoms with E-state index in [1.165, 1.54) is 0 Å². The average molecular weight is 256 g/mol. The lowest BCUT2D eigenvalue weighted by Gasteiger charge is -2.39. The normalized spacial score (nSPS) is 30.4. The van der Waals surface area contributed by atoms with Gasteiger partial charge in [-0.1, -0.05) is 6.92 Å². The van der Waals surface area contributed by atoms with E-state index in [1.54, 1.807) is 0 Å². The summed E-state index contributed by atoms with van der Waals surface area (Å²) in [7, 11) is 0. The zero-order valence-electron chi connectivity index (χ0n) is 9.63. The van der Waals surface area contributed by atoms with Gasteiger partial charge >= 0.3 is 6.18 Å². The zero-order valence-corrected chi connectivity index (χ0v) is 10.4. The lowest BCUT2D eigenvalue weighted by Crippen LogP contribution is -2.50. The molecular formula is C10H19F3N2S. The minimum Gasteiger partial charge on any atom is -0.330 e. The van der Waals surface area contributed by atoms with Crippen molar-refractivity contribution in [1.82, 2.24) is 4.90 Å². The van der Waals surface area contributed by atoms with Gasteiger partial charge in [-0.3, -0.25) is 4.90 Å². The Bertz CT molecular complexity index is 223. The molecule has 1 rings (SSSR count). The maximum atomic E-state index is 12.6. The monoisotopic (exact) mass is 256 g/mol. The standard InChI is InChI=1S/C10H19F3N2S/c1-7-8(2)16-4-3-15(7)6-9(5-14)10(11,12)13/h7-9H,3-6,14H2,1-2H3. The minimum absolute atomic E-state index is 0.0338. The van der Waals surface area contributed by atoms with Crippen LogP contribution in [0.5, 0.6) is 0 Å². The molecule has 1 aliphatic rings. The predicted octanol–water partition coefficient (Wildman–Crippen LogP) is 1.95. The van der Waals surface area contributed by atoms with Gasteiger partial charge in [-0.25, -0.2) is 0 Å². The second kappa shape index (κ2) is 5.60. The molecule has 0 amide bonds. The van der Waals surface area contributed by atoms with Crippen LogP contribution >= 0.6 is 11.8 Å². The van der Waals surface area contributed by atoms with Crippen LogP contribution in [0.1, 0.15) is 13.8 Å². The van der Waals surface area contributed by atoms with Gasteiger partial charge in [0, 0.05) is 36.7 Å². The summed E-state index contributed by atoms with van der Waals surface area (Å²) in [5.74, 6) is -0.494. The van der Waals surface area contributed by atoms with E-state index in [1.807, 2.05) is 23.6 Å². The third-order valence-electron chi connectivity index (χ3n) is 3.22. The Morgan fingerprint density at radius 2 is 2.06 bits per heavy atom. The molecule has 0 aliphatic carbocycles. The molecule has 1 aliphatic heterocycles. The van der Waals surface area contributed by atoms with Gasteiger partial charge in [-0.2, -0.15) is 24.9 Å². The van der Waals surface area contributed by atoms with Crippen LogP contribution in [0.25, 0.3) is 0 Å². The number of nitrogens with zero attached hydrogens (tertiary/aromatic N) is 1. The van der Waals surface area contributed by atoms with E-state index in [0.717, 1.165) is 12.3 Å². The third kappa shape index (κ3) is 3.53. The zero-order chi connectivity index (χ0) is 12.3. The molecule has 0 bridgehead atoms. The summed E-state index contributed by atoms with van der Waals surface area (Å²) in [6, 6.07) is 0.190. The van der Waals surface area contributed by atoms with Crippen molar-refractivity contribution >= 4 is 11.8 Å². The van der Waals surface area contributed by atoms with Gasteiger partial charge in [0.25, 0.3) is 0 Å². The van der Waals surface area contributed by atoms with Crippen molar-refractivity contribution < 1.29 is 13.2 Å². The maximum Gasteiger partial charge on any atom is 0.394 e. The summed E-state index contributed by atoms with van der Waals surface area (Å²) in [6.07, 6.45) is -4.18. The van der Waals surface area contributed by atoms with Gasteiger partial charge in [-0.15, -0.1) is 0 Å². The first-order valence-corrected chi connectivity index (χ1v) is 6.53. The summed E-state index contributed by atoms with van der Waals surface area (Å²) in [5.41, 5.74) is 5.20. The molecule has 0 saturated carbocycles. The second-order valence-corrected chi connectivity index (χ2v) is 5.77. The SMILES string of the molecule is CC1SCCN(CC(CN)C(F)(F)F)C1C.